The van der Waals surface area contributed by atoms with Crippen molar-refractivity contribution in [3.8, 4) is 0 Å². The van der Waals surface area contributed by atoms with Crippen LogP contribution >= 0.6 is 11.6 Å². The minimum atomic E-state index is -0.595. The number of carbonyl (C=O) groups excluding carboxylic acids is 1. The van der Waals surface area contributed by atoms with E-state index in [4.69, 9.17) is 17.3 Å². The number of nitrogens with one attached hydrogen (secondary N) is 1. The molecule has 1 unspecified atom stereocenters. The lowest BCUT2D eigenvalue weighted by Crippen LogP contribution is -2.14. The Morgan fingerprint density at radius 3 is 2.67 bits per heavy atom. The summed E-state index contributed by atoms with van der Waals surface area (Å²) in [6.45, 7) is 1.95. The molecule has 0 aliphatic carbocycles. The molecule has 0 radical (unpaired) electrons. The van der Waals surface area contributed by atoms with Gasteiger partial charge in [0.05, 0.1) is 16.6 Å². The van der Waals surface area contributed by atoms with Crippen molar-refractivity contribution < 1.29 is 9.18 Å². The van der Waals surface area contributed by atoms with Crippen molar-refractivity contribution in [2.24, 2.45) is 5.73 Å². The number of hydrogen-bond donors (Lipinski definition) is 2. The van der Waals surface area contributed by atoms with Crippen LogP contribution in [0.3, 0.4) is 0 Å². The topological polar surface area (TPSA) is 55.1 Å². The number of anilines is 1. The molecule has 2 rings (SSSR count). The Morgan fingerprint density at radius 2 is 2.05 bits per heavy atom. The highest BCUT2D eigenvalue weighted by Gasteiger charge is 2.14. The van der Waals surface area contributed by atoms with E-state index >= 15 is 0 Å². The van der Waals surface area contributed by atoms with Crippen LogP contribution in [0.1, 0.15) is 35.3 Å². The van der Waals surface area contributed by atoms with E-state index in [1.807, 2.05) is 6.92 Å². The zero-order chi connectivity index (χ0) is 15.4. The van der Waals surface area contributed by atoms with Crippen molar-refractivity contribution in [2.45, 2.75) is 19.4 Å². The molecule has 0 saturated carbocycles. The van der Waals surface area contributed by atoms with Crippen molar-refractivity contribution in [3.05, 3.63) is 64.4 Å². The molecule has 1 amide bonds. The number of primary amides is 1. The van der Waals surface area contributed by atoms with Crippen LogP contribution in [0.4, 0.5) is 10.1 Å². The number of carbonyl (C=O) groups is 1. The molecule has 3 nitrogen and oxygen atoms in total. The molecule has 0 fully saturated rings. The van der Waals surface area contributed by atoms with Crippen LogP contribution < -0.4 is 11.1 Å². The molecule has 2 aromatic rings. The number of hydrogen-bond acceptors (Lipinski definition) is 2. The van der Waals surface area contributed by atoms with Crippen LogP contribution in [0.15, 0.2) is 42.5 Å². The fraction of sp³-hybridized carbons (Fsp3) is 0.188. The third kappa shape index (κ3) is 3.52. The van der Waals surface area contributed by atoms with Gasteiger partial charge in [-0.15, -0.1) is 0 Å². The average molecular weight is 307 g/mol. The van der Waals surface area contributed by atoms with Gasteiger partial charge in [0.1, 0.15) is 5.82 Å². The molecule has 2 aromatic carbocycles. The smallest absolute Gasteiger partial charge is 0.250 e. The molecule has 0 aliphatic rings. The summed E-state index contributed by atoms with van der Waals surface area (Å²) in [7, 11) is 0. The van der Waals surface area contributed by atoms with Gasteiger partial charge in [-0.3, -0.25) is 4.79 Å². The molecule has 0 spiro atoms. The lowest BCUT2D eigenvalue weighted by Gasteiger charge is -2.20. The molecule has 3 N–H and O–H groups in total. The highest BCUT2D eigenvalue weighted by atomic mass is 35.5. The van der Waals surface area contributed by atoms with Gasteiger partial charge in [-0.1, -0.05) is 36.7 Å². The van der Waals surface area contributed by atoms with Crippen molar-refractivity contribution in [3.63, 3.8) is 0 Å². The highest BCUT2D eigenvalue weighted by Crippen LogP contribution is 2.27. The van der Waals surface area contributed by atoms with Gasteiger partial charge in [0, 0.05) is 11.3 Å². The van der Waals surface area contributed by atoms with Crippen molar-refractivity contribution >= 4 is 23.2 Å². The maximum absolute atomic E-state index is 13.9. The summed E-state index contributed by atoms with van der Waals surface area (Å²) in [6.07, 6.45) is 0.690. The van der Waals surface area contributed by atoms with Gasteiger partial charge in [-0.2, -0.15) is 0 Å². The van der Waals surface area contributed by atoms with E-state index in [-0.39, 0.29) is 17.4 Å². The highest BCUT2D eigenvalue weighted by molar-refractivity contribution is 6.33. The first kappa shape index (κ1) is 15.3. The standard InChI is InChI=1S/C16H16ClFN2O/c1-2-15(11-5-3-4-6-14(11)18)20-10-7-8-13(17)12(9-10)16(19)21/h3-9,15,20H,2H2,1H3,(H2,19,21). The molecule has 0 aromatic heterocycles. The zero-order valence-electron chi connectivity index (χ0n) is 11.6. The Kier molecular flexibility index (Phi) is 4.81. The fourth-order valence-corrected chi connectivity index (χ4v) is 2.37. The predicted molar refractivity (Wildman–Crippen MR) is 83.0 cm³/mol. The normalized spacial score (nSPS) is 12.0. The van der Waals surface area contributed by atoms with E-state index in [0.29, 0.717) is 22.7 Å². The van der Waals surface area contributed by atoms with Crippen LogP contribution in [-0.4, -0.2) is 5.91 Å². The summed E-state index contributed by atoms with van der Waals surface area (Å²) in [4.78, 5) is 11.3. The Morgan fingerprint density at radius 1 is 1.33 bits per heavy atom. The Hall–Kier alpha value is -2.07. The number of benzene rings is 2. The van der Waals surface area contributed by atoms with Crippen LogP contribution in [0, 0.1) is 5.82 Å². The SMILES string of the molecule is CCC(Nc1ccc(Cl)c(C(N)=O)c1)c1ccccc1F. The van der Waals surface area contributed by atoms with E-state index in [9.17, 15) is 9.18 Å². The van der Waals surface area contributed by atoms with Crippen molar-refractivity contribution in [2.75, 3.05) is 5.32 Å². The lowest BCUT2D eigenvalue weighted by molar-refractivity contribution is 0.100. The first-order valence-corrected chi connectivity index (χ1v) is 7.01. The van der Waals surface area contributed by atoms with Gasteiger partial charge in [0.25, 0.3) is 0 Å². The lowest BCUT2D eigenvalue weighted by atomic mass is 10.0. The van der Waals surface area contributed by atoms with Crippen LogP contribution in [0.2, 0.25) is 5.02 Å². The maximum atomic E-state index is 13.9. The second-order valence-electron chi connectivity index (χ2n) is 4.69. The molecule has 0 aliphatic heterocycles. The molecule has 110 valence electrons. The largest absolute Gasteiger partial charge is 0.378 e. The minimum absolute atomic E-state index is 0.201. The average Bonchev–Trinajstić information content (AvgIpc) is 2.47. The van der Waals surface area contributed by atoms with Crippen molar-refractivity contribution in [1.82, 2.24) is 0 Å². The molecule has 0 bridgehead atoms. The van der Waals surface area contributed by atoms with E-state index < -0.39 is 5.91 Å². The van der Waals surface area contributed by atoms with Gasteiger partial charge >= 0.3 is 0 Å². The summed E-state index contributed by atoms with van der Waals surface area (Å²) in [5, 5.41) is 3.50. The number of amides is 1. The fourth-order valence-electron chi connectivity index (χ4n) is 2.16. The van der Waals surface area contributed by atoms with Gasteiger partial charge in [-0.05, 0) is 30.7 Å². The monoisotopic (exact) mass is 306 g/mol. The van der Waals surface area contributed by atoms with Crippen LogP contribution in [0.5, 0.6) is 0 Å². The predicted octanol–water partition coefficient (Wildman–Crippen LogP) is 4.14. The maximum Gasteiger partial charge on any atom is 0.250 e. The minimum Gasteiger partial charge on any atom is -0.378 e. The van der Waals surface area contributed by atoms with E-state index in [1.165, 1.54) is 6.07 Å². The molecule has 1 atom stereocenters. The first-order chi connectivity index (χ1) is 10.0. The number of halogens is 2. The van der Waals surface area contributed by atoms with E-state index in [2.05, 4.69) is 5.32 Å². The first-order valence-electron chi connectivity index (χ1n) is 6.63. The molecule has 21 heavy (non-hydrogen) atoms. The molecular formula is C16H16ClFN2O. The Labute approximate surface area is 127 Å². The van der Waals surface area contributed by atoms with Crippen LogP contribution in [0.25, 0.3) is 0 Å². The summed E-state index contributed by atoms with van der Waals surface area (Å²) in [5.74, 6) is -0.858. The molecule has 0 saturated heterocycles. The zero-order valence-corrected chi connectivity index (χ0v) is 12.3. The summed E-state index contributed by atoms with van der Waals surface area (Å²) in [6, 6.07) is 11.3. The Balaban J connectivity index is 2.29. The quantitative estimate of drug-likeness (QED) is 0.872. The van der Waals surface area contributed by atoms with Crippen molar-refractivity contribution in [1.29, 1.82) is 0 Å². The van der Waals surface area contributed by atoms with E-state index in [0.717, 1.165) is 0 Å². The third-order valence-corrected chi connectivity index (χ3v) is 3.59. The van der Waals surface area contributed by atoms with E-state index in [1.54, 1.807) is 36.4 Å². The van der Waals surface area contributed by atoms with Crippen LogP contribution in [-0.2, 0) is 0 Å². The molecular weight excluding hydrogens is 291 g/mol. The van der Waals surface area contributed by atoms with Gasteiger partial charge in [0.2, 0.25) is 5.91 Å². The number of rotatable bonds is 5. The van der Waals surface area contributed by atoms with Gasteiger partial charge in [0.15, 0.2) is 0 Å². The molecule has 0 heterocycles. The van der Waals surface area contributed by atoms with Gasteiger partial charge in [-0.25, -0.2) is 4.39 Å². The second kappa shape index (κ2) is 6.59. The second-order valence-corrected chi connectivity index (χ2v) is 5.09. The summed E-state index contributed by atoms with van der Waals surface area (Å²) in [5.41, 5.74) is 6.76. The third-order valence-electron chi connectivity index (χ3n) is 3.26. The molecule has 5 heteroatoms. The van der Waals surface area contributed by atoms with Gasteiger partial charge < -0.3 is 11.1 Å². The summed E-state index contributed by atoms with van der Waals surface area (Å²) < 4.78 is 13.9. The Bertz CT molecular complexity index is 660. The number of nitrogens with two attached hydrogens (primary N) is 1. The summed E-state index contributed by atoms with van der Waals surface area (Å²) >= 11 is 5.92.